The number of carbonyl (C=O) groups excluding carboxylic acids is 1. The maximum absolute atomic E-state index is 13.1. The topological polar surface area (TPSA) is 60.0 Å². The highest BCUT2D eigenvalue weighted by Crippen LogP contribution is 2.38. The Hall–Kier alpha value is -2.15. The summed E-state index contributed by atoms with van der Waals surface area (Å²) in [5, 5.41) is 6.98. The number of hydrogen-bond acceptors (Lipinski definition) is 3. The minimum atomic E-state index is -0.306. The van der Waals surface area contributed by atoms with E-state index in [0.717, 1.165) is 69.7 Å². The van der Waals surface area contributed by atoms with Gasteiger partial charge in [0.15, 0.2) is 5.96 Å². The van der Waals surface area contributed by atoms with Gasteiger partial charge < -0.3 is 15.5 Å². The Morgan fingerprint density at radius 3 is 2.40 bits per heavy atom. The fourth-order valence-electron chi connectivity index (χ4n) is 4.72. The summed E-state index contributed by atoms with van der Waals surface area (Å²) in [6.45, 7) is 3.48. The molecular weight excluding hydrogens is 381 g/mol. The second kappa shape index (κ2) is 10.2. The number of aliphatic imine (C=N–C) groups is 1. The first-order valence-corrected chi connectivity index (χ1v) is 11.1. The van der Waals surface area contributed by atoms with Gasteiger partial charge in [0.05, 0.1) is 5.41 Å². The van der Waals surface area contributed by atoms with Gasteiger partial charge in [0.2, 0.25) is 5.91 Å². The lowest BCUT2D eigenvalue weighted by Gasteiger charge is -2.34. The van der Waals surface area contributed by atoms with Crippen molar-refractivity contribution in [3.05, 3.63) is 35.6 Å². The van der Waals surface area contributed by atoms with Crippen molar-refractivity contribution in [3.63, 3.8) is 0 Å². The van der Waals surface area contributed by atoms with E-state index in [1.54, 1.807) is 11.9 Å². The van der Waals surface area contributed by atoms with Crippen molar-refractivity contribution >= 4 is 11.9 Å². The van der Waals surface area contributed by atoms with Crippen LogP contribution in [0.3, 0.4) is 0 Å². The molecule has 1 aromatic carbocycles. The third-order valence-corrected chi connectivity index (χ3v) is 6.49. The Morgan fingerprint density at radius 1 is 1.20 bits per heavy atom. The molecule has 0 spiro atoms. The van der Waals surface area contributed by atoms with Gasteiger partial charge in [-0.25, -0.2) is 4.39 Å². The number of hydrogen-bond donors (Lipinski definition) is 2. The minimum Gasteiger partial charge on any atom is -0.355 e. The number of amides is 1. The van der Waals surface area contributed by atoms with Gasteiger partial charge in [-0.3, -0.25) is 14.7 Å². The summed E-state index contributed by atoms with van der Waals surface area (Å²) in [5.41, 5.74) is 0.840. The molecule has 1 aliphatic heterocycles. The first-order valence-electron chi connectivity index (χ1n) is 11.1. The van der Waals surface area contributed by atoms with Crippen molar-refractivity contribution in [2.45, 2.75) is 51.1 Å². The normalized spacial score (nSPS) is 20.2. The van der Waals surface area contributed by atoms with E-state index in [1.807, 2.05) is 26.2 Å². The van der Waals surface area contributed by atoms with Crippen molar-refractivity contribution < 1.29 is 9.18 Å². The number of rotatable bonds is 6. The number of carbonyl (C=O) groups is 1. The standard InChI is InChI=1S/C23H36FN5O/c1-25-22(26-17-23(12-4-5-13-23)21(30)28(2)3)27-20-10-14-29(15-11-20)16-18-6-8-19(24)9-7-18/h6-9,20H,4-5,10-17H2,1-3H3,(H2,25,26,27). The Bertz CT molecular complexity index is 720. The van der Waals surface area contributed by atoms with Crippen LogP contribution in [-0.4, -0.2) is 68.5 Å². The van der Waals surface area contributed by atoms with Crippen molar-refractivity contribution in [1.82, 2.24) is 20.4 Å². The SMILES string of the molecule is CN=C(NCC1(C(=O)N(C)C)CCCC1)NC1CCN(Cc2ccc(F)cc2)CC1. The summed E-state index contributed by atoms with van der Waals surface area (Å²) in [7, 11) is 5.47. The highest BCUT2D eigenvalue weighted by Gasteiger charge is 2.42. The first-order chi connectivity index (χ1) is 14.4. The number of likely N-dealkylation sites (tertiary alicyclic amines) is 1. The van der Waals surface area contributed by atoms with Gasteiger partial charge in [0, 0.05) is 53.4 Å². The van der Waals surface area contributed by atoms with Gasteiger partial charge >= 0.3 is 0 Å². The predicted octanol–water partition coefficient (Wildman–Crippen LogP) is 2.60. The van der Waals surface area contributed by atoms with Gasteiger partial charge in [-0.15, -0.1) is 0 Å². The number of piperidine rings is 1. The molecule has 3 rings (SSSR count). The number of guanidine groups is 1. The molecule has 2 aliphatic rings. The average molecular weight is 418 g/mol. The summed E-state index contributed by atoms with van der Waals surface area (Å²) in [4.78, 5) is 21.3. The van der Waals surface area contributed by atoms with Crippen LogP contribution in [0.1, 0.15) is 44.1 Å². The molecule has 1 saturated heterocycles. The summed E-state index contributed by atoms with van der Waals surface area (Å²) in [6.07, 6.45) is 6.17. The fraction of sp³-hybridized carbons (Fsp3) is 0.652. The van der Waals surface area contributed by atoms with Crippen molar-refractivity contribution in [2.75, 3.05) is 40.8 Å². The van der Waals surface area contributed by atoms with E-state index in [1.165, 1.54) is 12.1 Å². The van der Waals surface area contributed by atoms with E-state index in [-0.39, 0.29) is 17.1 Å². The lowest BCUT2D eigenvalue weighted by Crippen LogP contribution is -2.52. The Labute approximate surface area is 179 Å². The number of nitrogens with one attached hydrogen (secondary N) is 2. The summed E-state index contributed by atoms with van der Waals surface area (Å²) < 4.78 is 13.1. The second-order valence-corrected chi connectivity index (χ2v) is 8.93. The van der Waals surface area contributed by atoms with E-state index >= 15 is 0 Å². The van der Waals surface area contributed by atoms with Gasteiger partial charge in [0.1, 0.15) is 5.82 Å². The molecule has 6 nitrogen and oxygen atoms in total. The van der Waals surface area contributed by atoms with Crippen LogP contribution in [0, 0.1) is 11.2 Å². The van der Waals surface area contributed by atoms with Crippen LogP contribution in [0.25, 0.3) is 0 Å². The molecule has 0 unspecified atom stereocenters. The molecule has 1 aliphatic carbocycles. The Morgan fingerprint density at radius 2 is 1.83 bits per heavy atom. The van der Waals surface area contributed by atoms with Crippen molar-refractivity contribution in [1.29, 1.82) is 0 Å². The zero-order valence-corrected chi connectivity index (χ0v) is 18.6. The van der Waals surface area contributed by atoms with E-state index in [0.29, 0.717) is 12.6 Å². The van der Waals surface area contributed by atoms with Crippen LogP contribution in [0.5, 0.6) is 0 Å². The van der Waals surface area contributed by atoms with E-state index in [4.69, 9.17) is 0 Å². The van der Waals surface area contributed by atoms with Gasteiger partial charge in [-0.1, -0.05) is 25.0 Å². The van der Waals surface area contributed by atoms with Crippen molar-refractivity contribution in [3.8, 4) is 0 Å². The van der Waals surface area contributed by atoms with Crippen LogP contribution in [0.4, 0.5) is 4.39 Å². The quantitative estimate of drug-likeness (QED) is 0.552. The molecule has 1 saturated carbocycles. The molecule has 0 radical (unpaired) electrons. The maximum atomic E-state index is 13.1. The molecule has 0 aromatic heterocycles. The molecule has 1 heterocycles. The zero-order chi connectivity index (χ0) is 21.6. The zero-order valence-electron chi connectivity index (χ0n) is 18.6. The van der Waals surface area contributed by atoms with Crippen LogP contribution < -0.4 is 10.6 Å². The van der Waals surface area contributed by atoms with E-state index < -0.39 is 0 Å². The molecule has 1 aromatic rings. The third kappa shape index (κ3) is 5.72. The van der Waals surface area contributed by atoms with Gasteiger partial charge in [-0.2, -0.15) is 0 Å². The lowest BCUT2D eigenvalue weighted by atomic mass is 9.84. The van der Waals surface area contributed by atoms with E-state index in [9.17, 15) is 9.18 Å². The number of nitrogens with zero attached hydrogens (tertiary/aromatic N) is 3. The maximum Gasteiger partial charge on any atom is 0.230 e. The van der Waals surface area contributed by atoms with Crippen LogP contribution in [-0.2, 0) is 11.3 Å². The van der Waals surface area contributed by atoms with Crippen LogP contribution in [0.2, 0.25) is 0 Å². The summed E-state index contributed by atoms with van der Waals surface area (Å²) in [5.74, 6) is 0.814. The average Bonchev–Trinajstić information content (AvgIpc) is 3.23. The predicted molar refractivity (Wildman–Crippen MR) is 119 cm³/mol. The first kappa shape index (κ1) is 22.5. The number of benzene rings is 1. The molecule has 0 bridgehead atoms. The molecule has 7 heteroatoms. The fourth-order valence-corrected chi connectivity index (χ4v) is 4.72. The molecule has 2 N–H and O–H groups in total. The smallest absolute Gasteiger partial charge is 0.230 e. The molecule has 0 atom stereocenters. The number of halogens is 1. The molecular formula is C23H36FN5O. The third-order valence-electron chi connectivity index (χ3n) is 6.49. The van der Waals surface area contributed by atoms with Crippen molar-refractivity contribution in [2.24, 2.45) is 10.4 Å². The summed E-state index contributed by atoms with van der Waals surface area (Å²) >= 11 is 0. The lowest BCUT2D eigenvalue weighted by molar-refractivity contribution is -0.138. The minimum absolute atomic E-state index is 0.188. The van der Waals surface area contributed by atoms with Crippen LogP contribution >= 0.6 is 0 Å². The second-order valence-electron chi connectivity index (χ2n) is 8.93. The molecule has 1 amide bonds. The molecule has 2 fully saturated rings. The van der Waals surface area contributed by atoms with Gasteiger partial charge in [-0.05, 0) is 43.4 Å². The highest BCUT2D eigenvalue weighted by molar-refractivity contribution is 5.85. The largest absolute Gasteiger partial charge is 0.355 e. The Balaban J connectivity index is 1.46. The van der Waals surface area contributed by atoms with E-state index in [2.05, 4.69) is 20.5 Å². The molecule has 166 valence electrons. The molecule has 30 heavy (non-hydrogen) atoms. The highest BCUT2D eigenvalue weighted by atomic mass is 19.1. The monoisotopic (exact) mass is 417 g/mol. The Kier molecular flexibility index (Phi) is 7.69. The summed E-state index contributed by atoms with van der Waals surface area (Å²) in [6, 6.07) is 7.14. The van der Waals surface area contributed by atoms with Gasteiger partial charge in [0.25, 0.3) is 0 Å². The van der Waals surface area contributed by atoms with Crippen LogP contribution in [0.15, 0.2) is 29.3 Å².